The molecule has 0 spiro atoms. The fourth-order valence-corrected chi connectivity index (χ4v) is 1.86. The number of non-ortho nitro benzene ring substituents is 1. The Morgan fingerprint density at radius 3 is 2.30 bits per heavy atom. The van der Waals surface area contributed by atoms with Crippen molar-refractivity contribution in [2.75, 3.05) is 0 Å². The van der Waals surface area contributed by atoms with Gasteiger partial charge in [-0.25, -0.2) is 4.79 Å². The molecule has 20 heavy (non-hydrogen) atoms. The molecule has 0 fully saturated rings. The molecule has 0 atom stereocenters. The van der Waals surface area contributed by atoms with Crippen LogP contribution in [0.2, 0.25) is 0 Å². The van der Waals surface area contributed by atoms with Crippen LogP contribution < -0.4 is 0 Å². The van der Waals surface area contributed by atoms with E-state index in [2.05, 4.69) is 0 Å². The number of benzene rings is 2. The van der Waals surface area contributed by atoms with Crippen molar-refractivity contribution < 1.29 is 19.9 Å². The number of carboxylic acids is 1. The van der Waals surface area contributed by atoms with Crippen LogP contribution in [-0.2, 0) is 6.61 Å². The number of hydrogen-bond donors (Lipinski definition) is 2. The molecule has 0 bridgehead atoms. The summed E-state index contributed by atoms with van der Waals surface area (Å²) in [5, 5.41) is 28.9. The molecule has 0 heterocycles. The van der Waals surface area contributed by atoms with Crippen LogP contribution in [0.15, 0.2) is 42.5 Å². The molecule has 102 valence electrons. The second-order valence-electron chi connectivity index (χ2n) is 4.15. The van der Waals surface area contributed by atoms with Gasteiger partial charge >= 0.3 is 5.97 Å². The highest BCUT2D eigenvalue weighted by atomic mass is 16.6. The summed E-state index contributed by atoms with van der Waals surface area (Å²) in [5.41, 5.74) is 1.32. The Morgan fingerprint density at radius 2 is 1.80 bits per heavy atom. The molecule has 0 radical (unpaired) electrons. The van der Waals surface area contributed by atoms with Gasteiger partial charge in [-0.2, -0.15) is 0 Å². The van der Waals surface area contributed by atoms with Crippen molar-refractivity contribution in [2.45, 2.75) is 6.61 Å². The first kappa shape index (κ1) is 13.7. The number of hydrogen-bond acceptors (Lipinski definition) is 4. The summed E-state index contributed by atoms with van der Waals surface area (Å²) in [6.07, 6.45) is 0. The number of nitro benzene ring substituents is 1. The highest BCUT2D eigenvalue weighted by molar-refractivity contribution is 5.96. The van der Waals surface area contributed by atoms with E-state index in [0.717, 1.165) is 6.07 Å². The van der Waals surface area contributed by atoms with Gasteiger partial charge in [0.2, 0.25) is 0 Å². The minimum atomic E-state index is -1.15. The number of aliphatic hydroxyl groups excluding tert-OH is 1. The third-order valence-electron chi connectivity index (χ3n) is 2.89. The largest absolute Gasteiger partial charge is 0.478 e. The fraction of sp³-hybridized carbons (Fsp3) is 0.0714. The Balaban J connectivity index is 2.58. The number of aliphatic hydroxyl groups is 1. The van der Waals surface area contributed by atoms with E-state index in [9.17, 15) is 14.9 Å². The SMILES string of the molecule is O=C(O)c1ccc([N+](=O)[O-])cc1-c1ccc(CO)cc1. The molecule has 2 N–H and O–H groups in total. The van der Waals surface area contributed by atoms with Crippen molar-refractivity contribution in [3.63, 3.8) is 0 Å². The molecular weight excluding hydrogens is 262 g/mol. The van der Waals surface area contributed by atoms with Gasteiger partial charge in [-0.1, -0.05) is 24.3 Å². The van der Waals surface area contributed by atoms with Gasteiger partial charge < -0.3 is 10.2 Å². The van der Waals surface area contributed by atoms with E-state index in [1.165, 1.54) is 12.1 Å². The molecule has 0 aliphatic carbocycles. The molecule has 6 nitrogen and oxygen atoms in total. The van der Waals surface area contributed by atoms with Crippen molar-refractivity contribution in [3.05, 3.63) is 63.7 Å². The quantitative estimate of drug-likeness (QED) is 0.658. The van der Waals surface area contributed by atoms with Gasteiger partial charge in [0.15, 0.2) is 0 Å². The highest BCUT2D eigenvalue weighted by Crippen LogP contribution is 2.28. The maximum atomic E-state index is 11.2. The Hall–Kier alpha value is -2.73. The van der Waals surface area contributed by atoms with Gasteiger partial charge in [-0.15, -0.1) is 0 Å². The summed E-state index contributed by atoms with van der Waals surface area (Å²) in [5.74, 6) is -1.15. The van der Waals surface area contributed by atoms with Gasteiger partial charge in [0, 0.05) is 17.7 Å². The van der Waals surface area contributed by atoms with Gasteiger partial charge in [-0.3, -0.25) is 10.1 Å². The molecule has 0 unspecified atom stereocenters. The van der Waals surface area contributed by atoms with E-state index in [4.69, 9.17) is 10.2 Å². The summed E-state index contributed by atoms with van der Waals surface area (Å²) >= 11 is 0. The first-order valence-electron chi connectivity index (χ1n) is 5.75. The maximum absolute atomic E-state index is 11.2. The van der Waals surface area contributed by atoms with Crippen LogP contribution in [0.5, 0.6) is 0 Å². The predicted octanol–water partition coefficient (Wildman–Crippen LogP) is 2.45. The monoisotopic (exact) mass is 273 g/mol. The van der Waals surface area contributed by atoms with Gasteiger partial charge in [0.05, 0.1) is 17.1 Å². The number of aromatic carboxylic acids is 1. The van der Waals surface area contributed by atoms with Gasteiger partial charge in [0.1, 0.15) is 0 Å². The molecule has 6 heteroatoms. The Bertz CT molecular complexity index is 664. The molecule has 2 aromatic carbocycles. The number of carboxylic acid groups (broad SMARTS) is 1. The Kier molecular flexibility index (Phi) is 3.76. The second kappa shape index (κ2) is 5.50. The predicted molar refractivity (Wildman–Crippen MR) is 71.4 cm³/mol. The van der Waals surface area contributed by atoms with E-state index in [0.29, 0.717) is 11.1 Å². The lowest BCUT2D eigenvalue weighted by atomic mass is 9.98. The molecule has 0 saturated heterocycles. The molecular formula is C14H11NO5. The molecule has 2 rings (SSSR count). The van der Waals surface area contributed by atoms with Crippen LogP contribution in [0.1, 0.15) is 15.9 Å². The van der Waals surface area contributed by atoms with E-state index in [1.807, 2.05) is 0 Å². The van der Waals surface area contributed by atoms with Gasteiger partial charge in [0.25, 0.3) is 5.69 Å². The lowest BCUT2D eigenvalue weighted by molar-refractivity contribution is -0.384. The van der Waals surface area contributed by atoms with Crippen LogP contribution in [0.25, 0.3) is 11.1 Å². The topological polar surface area (TPSA) is 101 Å². The van der Waals surface area contributed by atoms with E-state index >= 15 is 0 Å². The zero-order chi connectivity index (χ0) is 14.7. The number of rotatable bonds is 4. The van der Waals surface area contributed by atoms with Crippen molar-refractivity contribution >= 4 is 11.7 Å². The Morgan fingerprint density at radius 1 is 1.15 bits per heavy atom. The smallest absolute Gasteiger partial charge is 0.336 e. The van der Waals surface area contributed by atoms with E-state index in [-0.39, 0.29) is 23.4 Å². The van der Waals surface area contributed by atoms with Crippen molar-refractivity contribution in [1.82, 2.24) is 0 Å². The zero-order valence-corrected chi connectivity index (χ0v) is 10.3. The first-order valence-corrected chi connectivity index (χ1v) is 5.75. The van der Waals surface area contributed by atoms with Crippen LogP contribution in [0, 0.1) is 10.1 Å². The second-order valence-corrected chi connectivity index (χ2v) is 4.15. The van der Waals surface area contributed by atoms with Crippen LogP contribution in [0.4, 0.5) is 5.69 Å². The minimum Gasteiger partial charge on any atom is -0.478 e. The summed E-state index contributed by atoms with van der Waals surface area (Å²) in [7, 11) is 0. The van der Waals surface area contributed by atoms with Crippen molar-refractivity contribution in [3.8, 4) is 11.1 Å². The normalized spacial score (nSPS) is 10.2. The minimum absolute atomic E-state index is 0.00708. The number of carbonyl (C=O) groups is 1. The first-order chi connectivity index (χ1) is 9.52. The molecule has 0 aromatic heterocycles. The third kappa shape index (κ3) is 2.65. The molecule has 0 saturated carbocycles. The number of nitrogens with zero attached hydrogens (tertiary/aromatic N) is 1. The van der Waals surface area contributed by atoms with E-state index in [1.54, 1.807) is 24.3 Å². The standard InChI is InChI=1S/C14H11NO5/c16-8-9-1-3-10(4-2-9)13-7-11(15(19)20)5-6-12(13)14(17)18/h1-7,16H,8H2,(H,17,18). The summed E-state index contributed by atoms with van der Waals surface area (Å²) in [6, 6.07) is 10.1. The lowest BCUT2D eigenvalue weighted by Gasteiger charge is -2.07. The molecule has 0 aliphatic heterocycles. The zero-order valence-electron chi connectivity index (χ0n) is 10.3. The average Bonchev–Trinajstić information content (AvgIpc) is 2.46. The fourth-order valence-electron chi connectivity index (χ4n) is 1.86. The molecule has 0 amide bonds. The van der Waals surface area contributed by atoms with Crippen molar-refractivity contribution in [1.29, 1.82) is 0 Å². The third-order valence-corrected chi connectivity index (χ3v) is 2.89. The Labute approximate surface area is 114 Å². The summed E-state index contributed by atoms with van der Waals surface area (Å²) < 4.78 is 0. The van der Waals surface area contributed by atoms with Crippen LogP contribution in [-0.4, -0.2) is 21.1 Å². The van der Waals surface area contributed by atoms with E-state index < -0.39 is 10.9 Å². The lowest BCUT2D eigenvalue weighted by Crippen LogP contribution is -2.01. The summed E-state index contributed by atoms with van der Waals surface area (Å²) in [6.45, 7) is -0.124. The van der Waals surface area contributed by atoms with Crippen LogP contribution >= 0.6 is 0 Å². The number of nitro groups is 1. The van der Waals surface area contributed by atoms with Crippen molar-refractivity contribution in [2.24, 2.45) is 0 Å². The van der Waals surface area contributed by atoms with Gasteiger partial charge in [-0.05, 0) is 17.2 Å². The molecule has 2 aromatic rings. The highest BCUT2D eigenvalue weighted by Gasteiger charge is 2.16. The average molecular weight is 273 g/mol. The molecule has 0 aliphatic rings. The summed E-state index contributed by atoms with van der Waals surface area (Å²) in [4.78, 5) is 21.4. The van der Waals surface area contributed by atoms with Crippen LogP contribution in [0.3, 0.4) is 0 Å². The maximum Gasteiger partial charge on any atom is 0.336 e.